The number of aliphatic carboxylic acids is 1. The van der Waals surface area contributed by atoms with E-state index < -0.39 is 11.9 Å². The quantitative estimate of drug-likeness (QED) is 0.423. The van der Waals surface area contributed by atoms with Crippen molar-refractivity contribution in [2.24, 2.45) is 0 Å². The summed E-state index contributed by atoms with van der Waals surface area (Å²) in [4.78, 5) is 23.7. The van der Waals surface area contributed by atoms with Gasteiger partial charge in [-0.3, -0.25) is 4.79 Å². The molecule has 0 atom stereocenters. The highest BCUT2D eigenvalue weighted by molar-refractivity contribution is 6.02. The molecule has 0 aromatic heterocycles. The van der Waals surface area contributed by atoms with Crippen molar-refractivity contribution in [3.63, 3.8) is 0 Å². The lowest BCUT2D eigenvalue weighted by molar-refractivity contribution is -0.132. The lowest BCUT2D eigenvalue weighted by atomic mass is 10.1. The molecule has 0 aliphatic carbocycles. The number of carboxylic acid groups (broad SMARTS) is 1. The summed E-state index contributed by atoms with van der Waals surface area (Å²) in [7, 11) is 0. The minimum atomic E-state index is -1.22. The molecule has 6 heteroatoms. The number of benzene rings is 3. The molecule has 0 spiro atoms. The Morgan fingerprint density at radius 1 is 0.931 bits per heavy atom. The van der Waals surface area contributed by atoms with E-state index in [1.165, 1.54) is 6.08 Å². The number of carbonyl (C=O) groups excluding carboxylic acids is 1. The number of ether oxygens (including phenoxy) is 1. The average Bonchev–Trinajstić information content (AvgIpc) is 2.74. The Kier molecular flexibility index (Phi) is 6.27. The van der Waals surface area contributed by atoms with Gasteiger partial charge in [0.2, 0.25) is 0 Å². The number of nitrogen functional groups attached to an aromatic ring is 1. The van der Waals surface area contributed by atoms with E-state index in [9.17, 15) is 14.7 Å². The summed E-state index contributed by atoms with van der Waals surface area (Å²) in [5.41, 5.74) is 8.13. The molecule has 0 aliphatic rings. The van der Waals surface area contributed by atoms with Crippen LogP contribution in [0.1, 0.15) is 21.5 Å². The molecule has 0 fully saturated rings. The number of amides is 1. The van der Waals surface area contributed by atoms with Crippen molar-refractivity contribution in [3.8, 4) is 5.75 Å². The molecule has 3 aromatic carbocycles. The van der Waals surface area contributed by atoms with E-state index in [-0.39, 0.29) is 5.70 Å². The van der Waals surface area contributed by atoms with E-state index in [1.807, 2.05) is 24.3 Å². The lowest BCUT2D eigenvalue weighted by Gasteiger charge is -2.08. The van der Waals surface area contributed by atoms with E-state index >= 15 is 0 Å². The maximum Gasteiger partial charge on any atom is 0.352 e. The standard InChI is InChI=1S/C23H20N2O4/c24-19-10-6-17(7-11-19)15-29-20-12-8-16(9-13-20)14-21(23(27)28)25-22(26)18-4-2-1-3-5-18/h1-14H,15,24H2,(H,25,26)(H,27,28). The van der Waals surface area contributed by atoms with Gasteiger partial charge in [0, 0.05) is 11.3 Å². The van der Waals surface area contributed by atoms with E-state index in [4.69, 9.17) is 10.5 Å². The molecule has 0 bridgehead atoms. The molecule has 1 amide bonds. The molecule has 4 N–H and O–H groups in total. The minimum absolute atomic E-state index is 0.214. The molecule has 6 nitrogen and oxygen atoms in total. The third kappa shape index (κ3) is 5.71. The number of carbonyl (C=O) groups is 2. The minimum Gasteiger partial charge on any atom is -0.489 e. The van der Waals surface area contributed by atoms with Crippen LogP contribution in [0.2, 0.25) is 0 Å². The lowest BCUT2D eigenvalue weighted by Crippen LogP contribution is -2.27. The first-order valence-corrected chi connectivity index (χ1v) is 8.90. The first-order chi connectivity index (χ1) is 14.0. The Morgan fingerprint density at radius 2 is 1.59 bits per heavy atom. The molecule has 0 saturated heterocycles. The fraction of sp³-hybridized carbons (Fsp3) is 0.0435. The molecule has 0 heterocycles. The zero-order valence-corrected chi connectivity index (χ0v) is 15.5. The number of hydrogen-bond donors (Lipinski definition) is 3. The van der Waals surface area contributed by atoms with Crippen LogP contribution >= 0.6 is 0 Å². The van der Waals surface area contributed by atoms with E-state index in [0.717, 1.165) is 5.56 Å². The van der Waals surface area contributed by atoms with Gasteiger partial charge in [0.1, 0.15) is 18.1 Å². The summed E-state index contributed by atoms with van der Waals surface area (Å²) in [5, 5.41) is 11.8. The van der Waals surface area contributed by atoms with Crippen LogP contribution in [-0.4, -0.2) is 17.0 Å². The second-order valence-electron chi connectivity index (χ2n) is 6.28. The maximum atomic E-state index is 12.2. The van der Waals surface area contributed by atoms with Crippen molar-refractivity contribution in [2.45, 2.75) is 6.61 Å². The summed E-state index contributed by atoms with van der Waals surface area (Å²) < 4.78 is 5.71. The van der Waals surface area contributed by atoms with Gasteiger partial charge in [0.25, 0.3) is 5.91 Å². The van der Waals surface area contributed by atoms with Gasteiger partial charge in [-0.15, -0.1) is 0 Å². The second kappa shape index (κ2) is 9.23. The Labute approximate surface area is 168 Å². The van der Waals surface area contributed by atoms with Crippen LogP contribution < -0.4 is 15.8 Å². The zero-order chi connectivity index (χ0) is 20.6. The number of anilines is 1. The van der Waals surface area contributed by atoms with Crippen molar-refractivity contribution in [1.82, 2.24) is 5.32 Å². The third-order valence-corrected chi connectivity index (χ3v) is 4.09. The first-order valence-electron chi connectivity index (χ1n) is 8.90. The summed E-state index contributed by atoms with van der Waals surface area (Å²) in [6.45, 7) is 0.392. The number of hydrogen-bond acceptors (Lipinski definition) is 4. The normalized spacial score (nSPS) is 11.0. The van der Waals surface area contributed by atoms with Crippen LogP contribution in [-0.2, 0) is 11.4 Å². The molecule has 29 heavy (non-hydrogen) atoms. The van der Waals surface area contributed by atoms with Crippen molar-refractivity contribution in [3.05, 3.63) is 101 Å². The van der Waals surface area contributed by atoms with Gasteiger partial charge in [-0.1, -0.05) is 42.5 Å². The van der Waals surface area contributed by atoms with E-state index in [2.05, 4.69) is 5.32 Å². The summed E-state index contributed by atoms with van der Waals surface area (Å²) in [5.74, 6) is -1.06. The summed E-state index contributed by atoms with van der Waals surface area (Å²) in [6, 6.07) is 22.7. The molecule has 3 aromatic rings. The topological polar surface area (TPSA) is 102 Å². The number of carboxylic acids is 1. The van der Waals surface area contributed by atoms with Crippen molar-refractivity contribution >= 4 is 23.6 Å². The van der Waals surface area contributed by atoms with Gasteiger partial charge in [-0.25, -0.2) is 4.79 Å². The highest BCUT2D eigenvalue weighted by Crippen LogP contribution is 2.16. The molecule has 3 rings (SSSR count). The van der Waals surface area contributed by atoms with Gasteiger partial charge in [-0.2, -0.15) is 0 Å². The van der Waals surface area contributed by atoms with E-state index in [1.54, 1.807) is 54.6 Å². The number of nitrogens with two attached hydrogens (primary N) is 1. The Bertz CT molecular complexity index is 1010. The van der Waals surface area contributed by atoms with Gasteiger partial charge >= 0.3 is 5.97 Å². The van der Waals surface area contributed by atoms with Crippen molar-refractivity contribution in [1.29, 1.82) is 0 Å². The van der Waals surface area contributed by atoms with E-state index in [0.29, 0.717) is 29.2 Å². The molecule has 0 aliphatic heterocycles. The number of nitrogens with one attached hydrogen (secondary N) is 1. The van der Waals surface area contributed by atoms with Crippen LogP contribution in [0.5, 0.6) is 5.75 Å². The zero-order valence-electron chi connectivity index (χ0n) is 15.5. The van der Waals surface area contributed by atoms with Gasteiger partial charge in [0.05, 0.1) is 0 Å². The van der Waals surface area contributed by atoms with Gasteiger partial charge in [0.15, 0.2) is 0 Å². The monoisotopic (exact) mass is 388 g/mol. The highest BCUT2D eigenvalue weighted by atomic mass is 16.5. The maximum absolute atomic E-state index is 12.2. The fourth-order valence-corrected chi connectivity index (χ4v) is 2.54. The van der Waals surface area contributed by atoms with Gasteiger partial charge in [-0.05, 0) is 53.6 Å². The molecular weight excluding hydrogens is 368 g/mol. The van der Waals surface area contributed by atoms with Crippen LogP contribution in [0.15, 0.2) is 84.6 Å². The van der Waals surface area contributed by atoms with Crippen molar-refractivity contribution in [2.75, 3.05) is 5.73 Å². The largest absolute Gasteiger partial charge is 0.489 e. The average molecular weight is 388 g/mol. The first kappa shape index (κ1) is 19.7. The summed E-state index contributed by atoms with van der Waals surface area (Å²) in [6.07, 6.45) is 1.40. The molecular formula is C23H20N2O4. The molecule has 0 saturated carbocycles. The van der Waals surface area contributed by atoms with Gasteiger partial charge < -0.3 is 20.9 Å². The summed E-state index contributed by atoms with van der Waals surface area (Å²) >= 11 is 0. The predicted octanol–water partition coefficient (Wildman–Crippen LogP) is 3.70. The molecule has 146 valence electrons. The third-order valence-electron chi connectivity index (χ3n) is 4.09. The smallest absolute Gasteiger partial charge is 0.352 e. The second-order valence-corrected chi connectivity index (χ2v) is 6.28. The number of rotatable bonds is 7. The van der Waals surface area contributed by atoms with Crippen LogP contribution in [0.4, 0.5) is 5.69 Å². The Morgan fingerprint density at radius 3 is 2.21 bits per heavy atom. The van der Waals surface area contributed by atoms with Crippen LogP contribution in [0.25, 0.3) is 6.08 Å². The fourth-order valence-electron chi connectivity index (χ4n) is 2.54. The SMILES string of the molecule is Nc1ccc(COc2ccc(C=C(NC(=O)c3ccccc3)C(=O)O)cc2)cc1. The van der Waals surface area contributed by atoms with Crippen LogP contribution in [0.3, 0.4) is 0 Å². The highest BCUT2D eigenvalue weighted by Gasteiger charge is 2.13. The molecule has 0 unspecified atom stereocenters. The Balaban J connectivity index is 1.66. The Hall–Kier alpha value is -4.06. The predicted molar refractivity (Wildman–Crippen MR) is 111 cm³/mol. The molecule has 0 radical (unpaired) electrons. The van der Waals surface area contributed by atoms with Crippen LogP contribution in [0, 0.1) is 0 Å². The van der Waals surface area contributed by atoms with Crippen molar-refractivity contribution < 1.29 is 19.4 Å².